The van der Waals surface area contributed by atoms with Gasteiger partial charge in [-0.1, -0.05) is 30.3 Å². The van der Waals surface area contributed by atoms with Crippen molar-refractivity contribution in [2.75, 3.05) is 85.2 Å². The Hall–Kier alpha value is -7.77. The Kier molecular flexibility index (Phi) is 27.5. The van der Waals surface area contributed by atoms with Crippen molar-refractivity contribution in [1.82, 2.24) is 61.5 Å². The molecule has 0 bridgehead atoms. The maximum Gasteiger partial charge on any atom is 0.328 e. The lowest BCUT2D eigenvalue weighted by Crippen LogP contribution is -2.60. The molecule has 2 aromatic rings. The lowest BCUT2D eigenvalue weighted by Gasteiger charge is -2.35. The van der Waals surface area contributed by atoms with Crippen LogP contribution in [0.4, 0.5) is 0 Å². The van der Waals surface area contributed by atoms with Gasteiger partial charge in [-0.3, -0.25) is 62.8 Å². The minimum absolute atomic E-state index is 0.000370. The summed E-state index contributed by atoms with van der Waals surface area (Å²) in [7, 11) is 0. The first-order valence-electron chi connectivity index (χ1n) is 24.4. The van der Waals surface area contributed by atoms with Crippen LogP contribution in [0.3, 0.4) is 0 Å². The molecule has 1 aromatic carbocycles. The maximum atomic E-state index is 13.8. The number of amides is 6. The van der Waals surface area contributed by atoms with Crippen LogP contribution in [0.5, 0.6) is 0 Å². The van der Waals surface area contributed by atoms with Gasteiger partial charge in [-0.2, -0.15) is 0 Å². The number of carbonyl (C=O) groups excluding carboxylic acids is 8. The molecule has 0 aliphatic carbocycles. The summed E-state index contributed by atoms with van der Waals surface area (Å²) in [5.74, 6) is -12.0. The summed E-state index contributed by atoms with van der Waals surface area (Å²) in [4.78, 5) is 165. The number of carboxylic acids is 4. The highest BCUT2D eigenvalue weighted by Gasteiger charge is 2.34. The molecule has 2 heterocycles. The number of aromatic nitrogens is 2. The number of benzene rings is 1. The number of aromatic amines is 1. The van der Waals surface area contributed by atoms with Gasteiger partial charge in [-0.25, -0.2) is 9.78 Å². The van der Waals surface area contributed by atoms with Crippen LogP contribution in [0.25, 0.3) is 0 Å². The van der Waals surface area contributed by atoms with E-state index < -0.39 is 134 Å². The van der Waals surface area contributed by atoms with Gasteiger partial charge in [-0.05, 0) is 18.9 Å². The summed E-state index contributed by atoms with van der Waals surface area (Å²) in [5.41, 5.74) is 0.727. The molecule has 1 aliphatic heterocycles. The second kappa shape index (κ2) is 33.3. The zero-order valence-corrected chi connectivity index (χ0v) is 42.3. The van der Waals surface area contributed by atoms with E-state index in [1.54, 1.807) is 45.0 Å². The van der Waals surface area contributed by atoms with Crippen LogP contribution >= 0.6 is 0 Å². The monoisotopic (exact) mass is 1090 g/mol. The lowest BCUT2D eigenvalue weighted by atomic mass is 10.0. The first-order valence-corrected chi connectivity index (χ1v) is 24.4. The molecule has 6 amide bonds. The Morgan fingerprint density at radius 3 is 1.62 bits per heavy atom. The van der Waals surface area contributed by atoms with Gasteiger partial charge in [0.15, 0.2) is 0 Å². The topological polar surface area (TPSA) is 440 Å². The Labute approximate surface area is 441 Å². The first-order chi connectivity index (χ1) is 36.7. The highest BCUT2D eigenvalue weighted by atomic mass is 16.4. The van der Waals surface area contributed by atoms with E-state index in [2.05, 4.69) is 41.9 Å². The van der Waals surface area contributed by atoms with Crippen LogP contribution in [-0.4, -0.2) is 260 Å². The molecule has 0 saturated carbocycles. The molecule has 1 fully saturated rings. The normalized spacial score (nSPS) is 16.9. The average molecular weight is 1090 g/mol. The smallest absolute Gasteiger partial charge is 0.328 e. The van der Waals surface area contributed by atoms with E-state index in [-0.39, 0.29) is 70.8 Å². The van der Waals surface area contributed by atoms with Crippen molar-refractivity contribution >= 4 is 71.9 Å². The summed E-state index contributed by atoms with van der Waals surface area (Å²) < 4.78 is 0. The molecule has 0 radical (unpaired) electrons. The van der Waals surface area contributed by atoms with E-state index in [0.717, 1.165) is 6.92 Å². The van der Waals surface area contributed by atoms with Gasteiger partial charge in [0, 0.05) is 77.8 Å². The fraction of sp³-hybridized carbons (Fsp3) is 0.553. The Bertz CT molecular complexity index is 2310. The van der Waals surface area contributed by atoms with E-state index in [9.17, 15) is 88.2 Å². The van der Waals surface area contributed by atoms with Crippen LogP contribution < -0.4 is 31.9 Å². The SMILES string of the molecule is C[C@H](NC(=O)[C@H](CC(=O)O)NC(=O)CCC(C(=O)O)N1CCN(CC=O)CCN(CC=O)CCN(CC(=O)O)CC1)C(=O)N[C@@H](Cc1c[nH]cn1)C(=O)N[C@@H](CO)C(=O)N[C@@H](Cc1ccccc1)C(=O)N[C@@H](CO)C(=O)O. The van der Waals surface area contributed by atoms with E-state index in [1.165, 1.54) is 17.4 Å². The van der Waals surface area contributed by atoms with Crippen molar-refractivity contribution in [3.8, 4) is 0 Å². The molecule has 0 spiro atoms. The molecule has 1 saturated heterocycles. The first kappa shape index (κ1) is 63.5. The van der Waals surface area contributed by atoms with Crippen molar-refractivity contribution in [2.45, 2.75) is 81.3 Å². The van der Waals surface area contributed by atoms with Gasteiger partial charge in [0.2, 0.25) is 35.4 Å². The van der Waals surface area contributed by atoms with Crippen LogP contribution in [0.2, 0.25) is 0 Å². The van der Waals surface area contributed by atoms with Crippen molar-refractivity contribution in [3.05, 3.63) is 54.1 Å². The second-order valence-electron chi connectivity index (χ2n) is 17.9. The van der Waals surface area contributed by atoms with Crippen molar-refractivity contribution < 1.29 is 88.2 Å². The number of rotatable bonds is 31. The average Bonchev–Trinajstić information content (AvgIpc) is 3.90. The number of hydrogen-bond donors (Lipinski definition) is 13. The molecule has 13 N–H and O–H groups in total. The van der Waals surface area contributed by atoms with Gasteiger partial charge in [0.1, 0.15) is 54.9 Å². The van der Waals surface area contributed by atoms with E-state index in [1.807, 2.05) is 0 Å². The second-order valence-corrected chi connectivity index (χ2v) is 17.9. The predicted molar refractivity (Wildman–Crippen MR) is 265 cm³/mol. The van der Waals surface area contributed by atoms with E-state index in [0.29, 0.717) is 37.8 Å². The molecule has 30 heteroatoms. The van der Waals surface area contributed by atoms with Crippen LogP contribution in [-0.2, 0) is 70.4 Å². The Morgan fingerprint density at radius 1 is 0.597 bits per heavy atom. The van der Waals surface area contributed by atoms with Gasteiger partial charge in [-0.15, -0.1) is 0 Å². The summed E-state index contributed by atoms with van der Waals surface area (Å²) in [6, 6.07) is -3.16. The van der Waals surface area contributed by atoms with Gasteiger partial charge >= 0.3 is 23.9 Å². The summed E-state index contributed by atoms with van der Waals surface area (Å²) >= 11 is 0. The fourth-order valence-corrected chi connectivity index (χ4v) is 7.92. The van der Waals surface area contributed by atoms with E-state index in [4.69, 9.17) is 0 Å². The number of aldehydes is 2. The highest BCUT2D eigenvalue weighted by molar-refractivity contribution is 5.97. The van der Waals surface area contributed by atoms with Crippen LogP contribution in [0, 0.1) is 0 Å². The number of nitrogens with zero attached hydrogens (tertiary/aromatic N) is 5. The molecule has 1 aromatic heterocycles. The van der Waals surface area contributed by atoms with Gasteiger partial charge in [0.25, 0.3) is 0 Å². The minimum Gasteiger partial charge on any atom is -0.481 e. The molecular weight excluding hydrogens is 1020 g/mol. The predicted octanol–water partition coefficient (Wildman–Crippen LogP) is -6.40. The minimum atomic E-state index is -1.82. The maximum absolute atomic E-state index is 13.8. The van der Waals surface area contributed by atoms with Gasteiger partial charge < -0.3 is 77.1 Å². The summed E-state index contributed by atoms with van der Waals surface area (Å²) in [5, 5.41) is 72.3. The number of H-pyrrole nitrogens is 1. The van der Waals surface area contributed by atoms with Crippen LogP contribution in [0.15, 0.2) is 42.9 Å². The molecule has 30 nitrogen and oxygen atoms in total. The highest BCUT2D eigenvalue weighted by Crippen LogP contribution is 2.12. The number of nitrogens with one attached hydrogen (secondary N) is 7. The number of aliphatic carboxylic acids is 4. The molecule has 7 atom stereocenters. The largest absolute Gasteiger partial charge is 0.481 e. The van der Waals surface area contributed by atoms with Gasteiger partial charge in [0.05, 0.1) is 51.3 Å². The zero-order valence-electron chi connectivity index (χ0n) is 42.3. The number of aliphatic hydroxyl groups is 2. The Morgan fingerprint density at radius 2 is 1.10 bits per heavy atom. The Balaban J connectivity index is 1.74. The molecular formula is C47H68N12O18. The fourth-order valence-electron chi connectivity index (χ4n) is 7.92. The van der Waals surface area contributed by atoms with Crippen molar-refractivity contribution in [2.24, 2.45) is 0 Å². The standard InChI is InChI=1S/C47H68N12O18/c1-29(41(69)52-33(22-31-24-48-28-49-31)44(72)54-35(26-62)45(73)53-32(21-30-5-3-2-4-6-30)43(71)55-36(27-63)46(74)75)50-42(70)34(23-39(65)66)51-38(64)8-7-37(47(76)77)59-15-13-57(18-20-61)10-9-56(17-19-60)11-12-58(14-16-59)25-40(67)68/h2-6,19-20,24,28-29,32-37,62-63H,7-18,21-23,25-27H2,1H3,(H,48,49)(H,50,70)(H,51,64)(H,52,69)(H,53,73)(H,54,72)(H,55,71)(H,65,66)(H,67,68)(H,74,75)(H,76,77)/t29-,32-,33-,34-,35-,36-,37?/m0/s1. The number of hydrogen-bond acceptors (Lipinski definition) is 19. The third-order valence-electron chi connectivity index (χ3n) is 12.2. The van der Waals surface area contributed by atoms with Crippen LogP contribution in [0.1, 0.15) is 37.4 Å². The number of carbonyl (C=O) groups is 12. The number of imidazole rings is 1. The molecule has 3 rings (SSSR count). The molecule has 1 aliphatic rings. The number of aliphatic hydroxyl groups excluding tert-OH is 2. The molecule has 77 heavy (non-hydrogen) atoms. The van der Waals surface area contributed by atoms with E-state index >= 15 is 0 Å². The number of carboxylic acid groups (broad SMARTS) is 4. The molecule has 1 unspecified atom stereocenters. The third-order valence-corrected chi connectivity index (χ3v) is 12.2. The quantitative estimate of drug-likeness (QED) is 0.0312. The van der Waals surface area contributed by atoms with Crippen molar-refractivity contribution in [3.63, 3.8) is 0 Å². The summed E-state index contributed by atoms with van der Waals surface area (Å²) in [6.45, 7) is 0.242. The zero-order chi connectivity index (χ0) is 57.0. The third kappa shape index (κ3) is 22.9. The van der Waals surface area contributed by atoms with Crippen molar-refractivity contribution in [1.29, 1.82) is 0 Å². The lowest BCUT2D eigenvalue weighted by molar-refractivity contribution is -0.145. The summed E-state index contributed by atoms with van der Waals surface area (Å²) in [6.07, 6.45) is 1.54. The molecule has 424 valence electrons.